The highest BCUT2D eigenvalue weighted by atomic mass is 35.5. The van der Waals surface area contributed by atoms with Gasteiger partial charge < -0.3 is 5.32 Å². The first-order valence-electron chi connectivity index (χ1n) is 5.36. The molecule has 1 aromatic rings. The quantitative estimate of drug-likeness (QED) is 0.498. The number of rotatable bonds is 3. The van der Waals surface area contributed by atoms with Crippen LogP contribution in [0, 0.1) is 10.1 Å². The van der Waals surface area contributed by atoms with Crippen LogP contribution in [0.25, 0.3) is 0 Å². The first-order valence-corrected chi connectivity index (χ1v) is 6.56. The predicted molar refractivity (Wildman–Crippen MR) is 75.9 cm³/mol. The molecule has 1 aliphatic rings. The smallest absolute Gasteiger partial charge is 0.290 e. The third kappa shape index (κ3) is 3.58. The molecule has 1 saturated heterocycles. The number of anilines is 1. The molecule has 1 heterocycles. The Balaban J connectivity index is 2.13. The molecule has 108 valence electrons. The van der Waals surface area contributed by atoms with Crippen LogP contribution in [0.5, 0.6) is 0 Å². The van der Waals surface area contributed by atoms with E-state index < -0.39 is 22.0 Å². The van der Waals surface area contributed by atoms with Crippen molar-refractivity contribution in [3.63, 3.8) is 0 Å². The number of halogens is 1. The van der Waals surface area contributed by atoms with E-state index in [9.17, 15) is 24.5 Å². The summed E-state index contributed by atoms with van der Waals surface area (Å²) in [6, 6.07) is 3.53. The molecule has 0 radical (unpaired) electrons. The number of hydrogen-bond acceptors (Lipinski definition) is 6. The van der Waals surface area contributed by atoms with Crippen LogP contribution in [0.1, 0.15) is 0 Å². The minimum absolute atomic E-state index is 0.0180. The zero-order valence-electron chi connectivity index (χ0n) is 10.1. The van der Waals surface area contributed by atoms with Gasteiger partial charge in [-0.2, -0.15) is 0 Å². The van der Waals surface area contributed by atoms with Crippen LogP contribution in [-0.4, -0.2) is 22.0 Å². The van der Waals surface area contributed by atoms with Crippen molar-refractivity contribution in [1.29, 1.82) is 0 Å². The Bertz CT molecular complexity index is 703. The molecular formula is C11H6ClN3O5S. The van der Waals surface area contributed by atoms with Crippen LogP contribution in [-0.2, 0) is 9.59 Å². The number of amides is 3. The largest absolute Gasteiger partial charge is 0.321 e. The first-order chi connectivity index (χ1) is 9.86. The molecule has 0 atom stereocenters. The highest BCUT2D eigenvalue weighted by molar-refractivity contribution is 8.18. The second kappa shape index (κ2) is 5.94. The van der Waals surface area contributed by atoms with Gasteiger partial charge in [0.05, 0.1) is 20.5 Å². The highest BCUT2D eigenvalue weighted by Gasteiger charge is 2.26. The number of carbonyl (C=O) groups excluding carboxylic acids is 3. The average Bonchev–Trinajstić information content (AvgIpc) is 2.70. The number of hydrogen-bond donors (Lipinski definition) is 2. The van der Waals surface area contributed by atoms with Gasteiger partial charge in [0.15, 0.2) is 0 Å². The molecule has 1 aromatic carbocycles. The molecule has 0 aromatic heterocycles. The molecule has 1 fully saturated rings. The molecule has 0 bridgehead atoms. The molecule has 2 N–H and O–H groups in total. The number of thioether (sulfide) groups is 1. The lowest BCUT2D eigenvalue weighted by atomic mass is 10.3. The van der Waals surface area contributed by atoms with Crippen molar-refractivity contribution in [2.24, 2.45) is 0 Å². The number of nitro groups is 1. The van der Waals surface area contributed by atoms with E-state index in [4.69, 9.17) is 11.6 Å². The monoisotopic (exact) mass is 327 g/mol. The van der Waals surface area contributed by atoms with E-state index in [0.29, 0.717) is 11.8 Å². The predicted octanol–water partition coefficient (Wildman–Crippen LogP) is 2.05. The van der Waals surface area contributed by atoms with Crippen molar-refractivity contribution in [2.75, 3.05) is 5.32 Å². The van der Waals surface area contributed by atoms with E-state index in [1.54, 1.807) is 0 Å². The standard InChI is InChI=1S/C11H6ClN3O5S/c12-6-3-5(15(19)20)1-2-7(6)13-9(16)4-8-10(17)14-11(18)21-8/h1-4H,(H,13,16)(H,14,17,18)/b8-4-. The third-order valence-electron chi connectivity index (χ3n) is 2.33. The maximum absolute atomic E-state index is 11.7. The lowest BCUT2D eigenvalue weighted by molar-refractivity contribution is -0.384. The Labute approximate surface area is 126 Å². The van der Waals surface area contributed by atoms with E-state index in [0.717, 1.165) is 12.1 Å². The Morgan fingerprint density at radius 1 is 1.43 bits per heavy atom. The highest BCUT2D eigenvalue weighted by Crippen LogP contribution is 2.27. The van der Waals surface area contributed by atoms with E-state index >= 15 is 0 Å². The summed E-state index contributed by atoms with van der Waals surface area (Å²) in [4.78, 5) is 43.8. The second-order valence-electron chi connectivity index (χ2n) is 3.76. The number of benzene rings is 1. The van der Waals surface area contributed by atoms with E-state index in [1.807, 2.05) is 5.32 Å². The van der Waals surface area contributed by atoms with Crippen molar-refractivity contribution < 1.29 is 19.3 Å². The fourth-order valence-electron chi connectivity index (χ4n) is 1.43. The minimum Gasteiger partial charge on any atom is -0.321 e. The average molecular weight is 328 g/mol. The molecule has 21 heavy (non-hydrogen) atoms. The molecule has 0 aliphatic carbocycles. The van der Waals surface area contributed by atoms with E-state index in [1.165, 1.54) is 12.1 Å². The fourth-order valence-corrected chi connectivity index (χ4v) is 2.30. The van der Waals surface area contributed by atoms with Crippen LogP contribution < -0.4 is 10.6 Å². The van der Waals surface area contributed by atoms with Crippen molar-refractivity contribution in [3.8, 4) is 0 Å². The molecular weight excluding hydrogens is 322 g/mol. The Hall–Kier alpha value is -2.39. The van der Waals surface area contributed by atoms with Crippen molar-refractivity contribution in [2.45, 2.75) is 0 Å². The summed E-state index contributed by atoms with van der Waals surface area (Å²) < 4.78 is 0. The van der Waals surface area contributed by atoms with Crippen molar-refractivity contribution in [1.82, 2.24) is 5.32 Å². The molecule has 10 heteroatoms. The molecule has 2 rings (SSSR count). The summed E-state index contributed by atoms with van der Waals surface area (Å²) in [6.07, 6.45) is 0.947. The zero-order chi connectivity index (χ0) is 15.6. The third-order valence-corrected chi connectivity index (χ3v) is 3.45. The lowest BCUT2D eigenvalue weighted by Crippen LogP contribution is -2.18. The van der Waals surface area contributed by atoms with E-state index in [-0.39, 0.29) is 21.3 Å². The van der Waals surface area contributed by atoms with Crippen LogP contribution in [0.15, 0.2) is 29.2 Å². The van der Waals surface area contributed by atoms with Gasteiger partial charge >= 0.3 is 0 Å². The van der Waals surface area contributed by atoms with Crippen LogP contribution >= 0.6 is 23.4 Å². The van der Waals surface area contributed by atoms with Gasteiger partial charge in [0.2, 0.25) is 5.91 Å². The second-order valence-corrected chi connectivity index (χ2v) is 5.18. The molecule has 1 aliphatic heterocycles. The number of carbonyl (C=O) groups is 3. The maximum Gasteiger partial charge on any atom is 0.290 e. The number of nitrogens with zero attached hydrogens (tertiary/aromatic N) is 1. The maximum atomic E-state index is 11.7. The van der Waals surface area contributed by atoms with Gasteiger partial charge in [-0.1, -0.05) is 11.6 Å². The normalized spacial score (nSPS) is 16.0. The summed E-state index contributed by atoms with van der Waals surface area (Å²) >= 11 is 6.41. The fraction of sp³-hybridized carbons (Fsp3) is 0. The van der Waals surface area contributed by atoms with Crippen molar-refractivity contribution >= 4 is 51.8 Å². The Kier molecular flexibility index (Phi) is 4.24. The van der Waals surface area contributed by atoms with Gasteiger partial charge in [0.1, 0.15) is 0 Å². The number of imide groups is 1. The summed E-state index contributed by atoms with van der Waals surface area (Å²) in [5.41, 5.74) is -0.0634. The van der Waals surface area contributed by atoms with Gasteiger partial charge in [0, 0.05) is 18.2 Å². The minimum atomic E-state index is -0.682. The van der Waals surface area contributed by atoms with Crippen LogP contribution in [0.2, 0.25) is 5.02 Å². The zero-order valence-corrected chi connectivity index (χ0v) is 11.7. The van der Waals surface area contributed by atoms with Gasteiger partial charge in [-0.25, -0.2) is 0 Å². The van der Waals surface area contributed by atoms with Crippen LogP contribution in [0.3, 0.4) is 0 Å². The number of non-ortho nitro benzene ring substituents is 1. The summed E-state index contributed by atoms with van der Waals surface area (Å²) in [7, 11) is 0. The first kappa shape index (κ1) is 15.0. The topological polar surface area (TPSA) is 118 Å². The van der Waals surface area contributed by atoms with Gasteiger partial charge in [-0.3, -0.25) is 29.8 Å². The van der Waals surface area contributed by atoms with Crippen molar-refractivity contribution in [3.05, 3.63) is 44.3 Å². The van der Waals surface area contributed by atoms with Gasteiger partial charge in [-0.15, -0.1) is 0 Å². The molecule has 8 nitrogen and oxygen atoms in total. The van der Waals surface area contributed by atoms with E-state index in [2.05, 4.69) is 5.32 Å². The van der Waals surface area contributed by atoms with Gasteiger partial charge in [0.25, 0.3) is 16.8 Å². The molecule has 3 amide bonds. The SMILES string of the molecule is O=C(/C=C1\SC(=O)NC1=O)Nc1ccc([N+](=O)[O-])cc1Cl. The number of nitro benzene ring substituents is 1. The lowest BCUT2D eigenvalue weighted by Gasteiger charge is -2.04. The number of nitrogens with one attached hydrogen (secondary N) is 2. The summed E-state index contributed by atoms with van der Waals surface area (Å²) in [6.45, 7) is 0. The Morgan fingerprint density at radius 3 is 2.67 bits per heavy atom. The molecule has 0 saturated carbocycles. The van der Waals surface area contributed by atoms with Crippen LogP contribution in [0.4, 0.5) is 16.2 Å². The summed E-state index contributed by atoms with van der Waals surface area (Å²) in [5.74, 6) is -1.34. The molecule has 0 spiro atoms. The Morgan fingerprint density at radius 2 is 2.14 bits per heavy atom. The molecule has 0 unspecified atom stereocenters. The summed E-state index contributed by atoms with van der Waals surface area (Å²) in [5, 5.41) is 14.3. The van der Waals surface area contributed by atoms with Gasteiger partial charge in [-0.05, 0) is 17.8 Å².